The first kappa shape index (κ1) is 11.9. The largest absolute Gasteiger partial charge is 0.369 e. The van der Waals surface area contributed by atoms with Crippen LogP contribution in [0.3, 0.4) is 0 Å². The number of nitrogens with one attached hydrogen (secondary N) is 1. The maximum atomic E-state index is 3.54. The summed E-state index contributed by atoms with van der Waals surface area (Å²) in [7, 11) is 2.00. The molecule has 0 radical (unpaired) electrons. The lowest BCUT2D eigenvalue weighted by Gasteiger charge is -2.25. The number of anilines is 1. The van der Waals surface area contributed by atoms with Crippen molar-refractivity contribution >= 4 is 21.6 Å². The van der Waals surface area contributed by atoms with Gasteiger partial charge < -0.3 is 10.2 Å². The van der Waals surface area contributed by atoms with Gasteiger partial charge in [0.1, 0.15) is 0 Å². The Labute approximate surface area is 106 Å². The molecule has 0 heterocycles. The summed E-state index contributed by atoms with van der Waals surface area (Å²) in [5, 5.41) is 3.24. The topological polar surface area (TPSA) is 15.3 Å². The van der Waals surface area contributed by atoms with Crippen molar-refractivity contribution in [3.8, 4) is 0 Å². The van der Waals surface area contributed by atoms with Gasteiger partial charge in [0.25, 0.3) is 0 Å². The number of hydrogen-bond acceptors (Lipinski definition) is 2. The van der Waals surface area contributed by atoms with Crippen LogP contribution in [0.2, 0.25) is 0 Å². The lowest BCUT2D eigenvalue weighted by molar-refractivity contribution is 0.781. The molecule has 16 heavy (non-hydrogen) atoms. The minimum absolute atomic E-state index is 0.779. The molecule has 1 N–H and O–H groups in total. The zero-order chi connectivity index (χ0) is 11.5. The first-order valence-electron chi connectivity index (χ1n) is 5.96. The highest BCUT2D eigenvalue weighted by atomic mass is 79.9. The fourth-order valence-electron chi connectivity index (χ4n) is 2.18. The average Bonchev–Trinajstić information content (AvgIpc) is 3.07. The molecule has 0 saturated heterocycles. The highest BCUT2D eigenvalue weighted by Gasteiger charge is 2.29. The van der Waals surface area contributed by atoms with Gasteiger partial charge in [0.2, 0.25) is 0 Å². The number of nitrogens with zero attached hydrogens (tertiary/aromatic N) is 1. The monoisotopic (exact) mass is 282 g/mol. The van der Waals surface area contributed by atoms with Crippen molar-refractivity contribution in [1.82, 2.24) is 5.32 Å². The number of benzene rings is 1. The second-order valence-electron chi connectivity index (χ2n) is 4.32. The van der Waals surface area contributed by atoms with Gasteiger partial charge in [-0.05, 0) is 50.6 Å². The van der Waals surface area contributed by atoms with E-state index in [1.807, 2.05) is 7.05 Å². The van der Waals surface area contributed by atoms with E-state index in [2.05, 4.69) is 51.3 Å². The predicted molar refractivity (Wildman–Crippen MR) is 72.9 cm³/mol. The molecule has 0 amide bonds. The van der Waals surface area contributed by atoms with E-state index in [0.717, 1.165) is 23.6 Å². The van der Waals surface area contributed by atoms with E-state index in [9.17, 15) is 0 Å². The second kappa shape index (κ2) is 5.19. The standard InChI is InChI=1S/C13H19BrN2/c1-3-16(12-5-6-12)13-7-4-11(14)8-10(13)9-15-2/h4,7-8,12,15H,3,5-6,9H2,1-2H3. The van der Waals surface area contributed by atoms with E-state index in [0.29, 0.717) is 0 Å². The summed E-state index contributed by atoms with van der Waals surface area (Å²) in [6, 6.07) is 7.37. The fraction of sp³-hybridized carbons (Fsp3) is 0.538. The van der Waals surface area contributed by atoms with Crippen molar-refractivity contribution in [3.63, 3.8) is 0 Å². The first-order chi connectivity index (χ1) is 7.76. The van der Waals surface area contributed by atoms with E-state index in [-0.39, 0.29) is 0 Å². The van der Waals surface area contributed by atoms with E-state index < -0.39 is 0 Å². The summed E-state index contributed by atoms with van der Waals surface area (Å²) in [5.41, 5.74) is 2.77. The Bertz CT molecular complexity index is 361. The van der Waals surface area contributed by atoms with Crippen molar-refractivity contribution in [2.45, 2.75) is 32.4 Å². The summed E-state index contributed by atoms with van der Waals surface area (Å²) in [6.07, 6.45) is 2.70. The van der Waals surface area contributed by atoms with E-state index in [1.165, 1.54) is 24.1 Å². The van der Waals surface area contributed by atoms with Crippen LogP contribution >= 0.6 is 15.9 Å². The van der Waals surface area contributed by atoms with Crippen LogP contribution in [0, 0.1) is 0 Å². The normalized spacial score (nSPS) is 15.2. The van der Waals surface area contributed by atoms with Crippen LogP contribution in [0.5, 0.6) is 0 Å². The Balaban J connectivity index is 2.29. The summed E-state index contributed by atoms with van der Waals surface area (Å²) in [6.45, 7) is 4.27. The summed E-state index contributed by atoms with van der Waals surface area (Å²) in [5.74, 6) is 0. The molecule has 1 saturated carbocycles. The van der Waals surface area contributed by atoms with Crippen molar-refractivity contribution in [2.75, 3.05) is 18.5 Å². The molecule has 2 nitrogen and oxygen atoms in total. The maximum Gasteiger partial charge on any atom is 0.0415 e. The van der Waals surface area contributed by atoms with Crippen LogP contribution in [0.4, 0.5) is 5.69 Å². The van der Waals surface area contributed by atoms with E-state index in [1.54, 1.807) is 0 Å². The molecule has 0 unspecified atom stereocenters. The molecule has 0 aromatic heterocycles. The molecule has 0 bridgehead atoms. The van der Waals surface area contributed by atoms with Gasteiger partial charge in [-0.2, -0.15) is 0 Å². The predicted octanol–water partition coefficient (Wildman–Crippen LogP) is 3.16. The number of hydrogen-bond donors (Lipinski definition) is 1. The molecule has 0 aliphatic heterocycles. The molecule has 1 aromatic carbocycles. The van der Waals surface area contributed by atoms with Gasteiger partial charge in [0.05, 0.1) is 0 Å². The summed E-state index contributed by atoms with van der Waals surface area (Å²) >= 11 is 3.54. The van der Waals surface area contributed by atoms with Crippen molar-refractivity contribution < 1.29 is 0 Å². The third-order valence-electron chi connectivity index (χ3n) is 3.05. The zero-order valence-electron chi connectivity index (χ0n) is 9.96. The van der Waals surface area contributed by atoms with Crippen molar-refractivity contribution in [2.24, 2.45) is 0 Å². The van der Waals surface area contributed by atoms with Crippen LogP contribution in [0.15, 0.2) is 22.7 Å². The molecule has 3 heteroatoms. The van der Waals surface area contributed by atoms with Gasteiger partial charge in [-0.3, -0.25) is 0 Å². The molecule has 1 aliphatic carbocycles. The molecule has 0 atom stereocenters. The highest BCUT2D eigenvalue weighted by Crippen LogP contribution is 2.34. The van der Waals surface area contributed by atoms with Gasteiger partial charge in [0, 0.05) is 29.3 Å². The Morgan fingerprint density at radius 3 is 2.75 bits per heavy atom. The Morgan fingerprint density at radius 1 is 1.44 bits per heavy atom. The quantitative estimate of drug-likeness (QED) is 0.893. The molecule has 1 aromatic rings. The fourth-order valence-corrected chi connectivity index (χ4v) is 2.59. The molecule has 0 spiro atoms. The van der Waals surface area contributed by atoms with Crippen molar-refractivity contribution in [1.29, 1.82) is 0 Å². The third-order valence-corrected chi connectivity index (χ3v) is 3.54. The lowest BCUT2D eigenvalue weighted by Crippen LogP contribution is -2.26. The Hall–Kier alpha value is -0.540. The van der Waals surface area contributed by atoms with Crippen molar-refractivity contribution in [3.05, 3.63) is 28.2 Å². The van der Waals surface area contributed by atoms with Crippen LogP contribution in [-0.4, -0.2) is 19.6 Å². The van der Waals surface area contributed by atoms with Gasteiger partial charge in [0.15, 0.2) is 0 Å². The van der Waals surface area contributed by atoms with Crippen LogP contribution in [0.25, 0.3) is 0 Å². The molecule has 1 fully saturated rings. The molecule has 88 valence electrons. The summed E-state index contributed by atoms with van der Waals surface area (Å²) in [4.78, 5) is 2.53. The van der Waals surface area contributed by atoms with Crippen LogP contribution < -0.4 is 10.2 Å². The van der Waals surface area contributed by atoms with E-state index >= 15 is 0 Å². The average molecular weight is 283 g/mol. The SMILES string of the molecule is CCN(c1ccc(Br)cc1CNC)C1CC1. The van der Waals surface area contributed by atoms with Gasteiger partial charge in [-0.1, -0.05) is 15.9 Å². The Kier molecular flexibility index (Phi) is 3.87. The first-order valence-corrected chi connectivity index (χ1v) is 6.75. The van der Waals surface area contributed by atoms with Crippen LogP contribution in [-0.2, 0) is 6.54 Å². The summed E-state index contributed by atoms with van der Waals surface area (Å²) < 4.78 is 1.16. The van der Waals surface area contributed by atoms with Gasteiger partial charge in [-0.15, -0.1) is 0 Å². The second-order valence-corrected chi connectivity index (χ2v) is 5.24. The van der Waals surface area contributed by atoms with E-state index in [4.69, 9.17) is 0 Å². The minimum atomic E-state index is 0.779. The van der Waals surface area contributed by atoms with Gasteiger partial charge in [-0.25, -0.2) is 0 Å². The molecular formula is C13H19BrN2. The highest BCUT2D eigenvalue weighted by molar-refractivity contribution is 9.10. The van der Waals surface area contributed by atoms with Gasteiger partial charge >= 0.3 is 0 Å². The smallest absolute Gasteiger partial charge is 0.0415 e. The minimum Gasteiger partial charge on any atom is -0.369 e. The number of rotatable bonds is 5. The zero-order valence-corrected chi connectivity index (χ0v) is 11.5. The number of halogens is 1. The Morgan fingerprint density at radius 2 is 2.19 bits per heavy atom. The maximum absolute atomic E-state index is 3.54. The lowest BCUT2D eigenvalue weighted by atomic mass is 10.1. The molecule has 1 aliphatic rings. The third kappa shape index (κ3) is 2.58. The molecule has 2 rings (SSSR count). The molecular weight excluding hydrogens is 264 g/mol. The van der Waals surface area contributed by atoms with Crippen LogP contribution in [0.1, 0.15) is 25.3 Å².